The molecule has 0 radical (unpaired) electrons. The molecule has 2 heterocycles. The molecule has 2 nitrogen and oxygen atoms in total. The van der Waals surface area contributed by atoms with Gasteiger partial charge in [-0.15, -0.1) is 0 Å². The van der Waals surface area contributed by atoms with Gasteiger partial charge in [-0.25, -0.2) is 0 Å². The third-order valence-corrected chi connectivity index (χ3v) is 7.44. The zero-order valence-corrected chi connectivity index (χ0v) is 15.7. The lowest BCUT2D eigenvalue weighted by Crippen LogP contribution is -2.34. The first-order valence-electron chi connectivity index (χ1n) is 10.4. The van der Waals surface area contributed by atoms with Crippen LogP contribution < -0.4 is 10.6 Å². The topological polar surface area (TPSA) is 24.1 Å². The fourth-order valence-electron chi connectivity index (χ4n) is 6.27. The van der Waals surface area contributed by atoms with E-state index in [1.807, 2.05) is 0 Å². The average Bonchev–Trinajstić information content (AvgIpc) is 3.06. The fourth-order valence-corrected chi connectivity index (χ4v) is 6.27. The van der Waals surface area contributed by atoms with E-state index < -0.39 is 0 Å². The van der Waals surface area contributed by atoms with Gasteiger partial charge in [-0.1, -0.05) is 72.8 Å². The minimum atomic E-state index is 0.556. The van der Waals surface area contributed by atoms with Crippen molar-refractivity contribution in [3.05, 3.63) is 83.9 Å². The quantitative estimate of drug-likeness (QED) is 0.395. The van der Waals surface area contributed by atoms with Crippen LogP contribution in [0, 0.1) is 5.92 Å². The van der Waals surface area contributed by atoms with E-state index >= 15 is 0 Å². The number of nitrogens with one attached hydrogen (secondary N) is 2. The van der Waals surface area contributed by atoms with Gasteiger partial charge in [-0.3, -0.25) is 0 Å². The number of benzene rings is 4. The zero-order chi connectivity index (χ0) is 18.2. The molecule has 7 rings (SSSR count). The van der Waals surface area contributed by atoms with Crippen molar-refractivity contribution < 1.29 is 0 Å². The minimum Gasteiger partial charge on any atom is -0.384 e. The number of hydrogen-bond donors (Lipinski definition) is 2. The van der Waals surface area contributed by atoms with E-state index in [4.69, 9.17) is 0 Å². The van der Waals surface area contributed by atoms with Crippen molar-refractivity contribution >= 4 is 32.9 Å². The van der Waals surface area contributed by atoms with Gasteiger partial charge in [0.05, 0.1) is 0 Å². The van der Waals surface area contributed by atoms with Gasteiger partial charge in [0, 0.05) is 40.7 Å². The molecule has 28 heavy (non-hydrogen) atoms. The van der Waals surface area contributed by atoms with E-state index in [0.717, 1.165) is 6.54 Å². The van der Waals surface area contributed by atoms with Gasteiger partial charge in [-0.2, -0.15) is 0 Å². The smallest absolute Gasteiger partial charge is 0.0457 e. The van der Waals surface area contributed by atoms with Crippen LogP contribution in [0.3, 0.4) is 0 Å². The van der Waals surface area contributed by atoms with Gasteiger partial charge in [-0.05, 0) is 40.2 Å². The Morgan fingerprint density at radius 2 is 1.36 bits per heavy atom. The summed E-state index contributed by atoms with van der Waals surface area (Å²) in [4.78, 5) is 0. The summed E-state index contributed by atoms with van der Waals surface area (Å²) in [7, 11) is 0. The second-order valence-electron chi connectivity index (χ2n) is 8.67. The van der Waals surface area contributed by atoms with Crippen molar-refractivity contribution in [2.24, 2.45) is 5.92 Å². The van der Waals surface area contributed by atoms with Gasteiger partial charge in [0.1, 0.15) is 0 Å². The average molecular weight is 362 g/mol. The van der Waals surface area contributed by atoms with Crippen molar-refractivity contribution in [2.75, 3.05) is 17.2 Å². The predicted octanol–water partition coefficient (Wildman–Crippen LogP) is 6.10. The predicted molar refractivity (Wildman–Crippen MR) is 117 cm³/mol. The molecule has 2 bridgehead atoms. The molecule has 1 aliphatic carbocycles. The van der Waals surface area contributed by atoms with Gasteiger partial charge in [0.25, 0.3) is 0 Å². The molecular formula is C26H22N2. The van der Waals surface area contributed by atoms with Crippen LogP contribution in [0.1, 0.15) is 29.4 Å². The van der Waals surface area contributed by atoms with Crippen molar-refractivity contribution in [1.29, 1.82) is 0 Å². The van der Waals surface area contributed by atoms with Gasteiger partial charge < -0.3 is 10.6 Å². The molecule has 4 aromatic rings. The Balaban J connectivity index is 1.45. The first kappa shape index (κ1) is 15.0. The summed E-state index contributed by atoms with van der Waals surface area (Å²) in [5.74, 6) is 1.85. The molecule has 2 aliphatic heterocycles. The fraction of sp³-hybridized carbons (Fsp3) is 0.231. The van der Waals surface area contributed by atoms with E-state index in [1.54, 1.807) is 0 Å². The van der Waals surface area contributed by atoms with Crippen molar-refractivity contribution in [3.63, 3.8) is 0 Å². The van der Waals surface area contributed by atoms with Crippen LogP contribution in [-0.2, 0) is 0 Å². The molecule has 2 heteroatoms. The Bertz CT molecular complexity index is 1260. The van der Waals surface area contributed by atoms with Crippen LogP contribution in [0.15, 0.2) is 72.8 Å². The molecule has 0 spiro atoms. The number of anilines is 2. The summed E-state index contributed by atoms with van der Waals surface area (Å²) in [6, 6.07) is 27.5. The molecule has 4 aromatic carbocycles. The number of rotatable bonds is 0. The lowest BCUT2D eigenvalue weighted by Gasteiger charge is -2.33. The SMILES string of the molecule is c1ccc2c3c(ccc2c1)[C@H]1[C@H](CN3)[C@@H]2C[C@H]1c1ccc3ccccc3c1N2. The Morgan fingerprint density at radius 1 is 0.679 bits per heavy atom. The van der Waals surface area contributed by atoms with E-state index in [-0.39, 0.29) is 0 Å². The Labute approximate surface area is 164 Å². The van der Waals surface area contributed by atoms with Crippen molar-refractivity contribution in [1.82, 2.24) is 0 Å². The highest BCUT2D eigenvalue weighted by molar-refractivity contribution is 5.98. The number of fused-ring (bicyclic) bond motifs is 13. The Morgan fingerprint density at radius 3 is 2.14 bits per heavy atom. The highest BCUT2D eigenvalue weighted by Crippen LogP contribution is 2.59. The Kier molecular flexibility index (Phi) is 2.83. The van der Waals surface area contributed by atoms with Gasteiger partial charge >= 0.3 is 0 Å². The van der Waals surface area contributed by atoms with Crippen molar-refractivity contribution in [2.45, 2.75) is 24.3 Å². The molecule has 3 aliphatic rings. The highest BCUT2D eigenvalue weighted by Gasteiger charge is 2.50. The monoisotopic (exact) mass is 362 g/mol. The molecule has 136 valence electrons. The first-order chi connectivity index (χ1) is 13.9. The highest BCUT2D eigenvalue weighted by atomic mass is 15.0. The van der Waals surface area contributed by atoms with Crippen LogP contribution in [0.2, 0.25) is 0 Å². The van der Waals surface area contributed by atoms with Crippen LogP contribution in [0.4, 0.5) is 11.4 Å². The van der Waals surface area contributed by atoms with E-state index in [9.17, 15) is 0 Å². The molecule has 0 amide bonds. The molecule has 0 saturated heterocycles. The summed E-state index contributed by atoms with van der Waals surface area (Å²) in [6.07, 6.45) is 1.24. The van der Waals surface area contributed by atoms with E-state index in [1.165, 1.54) is 50.5 Å². The summed E-state index contributed by atoms with van der Waals surface area (Å²) in [5.41, 5.74) is 5.79. The minimum absolute atomic E-state index is 0.556. The molecule has 0 unspecified atom stereocenters. The first-order valence-corrected chi connectivity index (χ1v) is 10.4. The van der Waals surface area contributed by atoms with Crippen LogP contribution in [0.5, 0.6) is 0 Å². The molecular weight excluding hydrogens is 340 g/mol. The second-order valence-corrected chi connectivity index (χ2v) is 8.67. The van der Waals surface area contributed by atoms with Crippen molar-refractivity contribution in [3.8, 4) is 0 Å². The largest absolute Gasteiger partial charge is 0.384 e. The molecule has 1 saturated carbocycles. The van der Waals surface area contributed by atoms with Gasteiger partial charge in [0.2, 0.25) is 0 Å². The molecule has 0 aromatic heterocycles. The maximum absolute atomic E-state index is 3.96. The van der Waals surface area contributed by atoms with Gasteiger partial charge in [0.15, 0.2) is 0 Å². The van der Waals surface area contributed by atoms with E-state index in [2.05, 4.69) is 83.4 Å². The third kappa shape index (κ3) is 1.83. The van der Waals surface area contributed by atoms with Crippen LogP contribution >= 0.6 is 0 Å². The summed E-state index contributed by atoms with van der Waals surface area (Å²) in [6.45, 7) is 1.06. The molecule has 1 fully saturated rings. The summed E-state index contributed by atoms with van der Waals surface area (Å²) >= 11 is 0. The molecule has 4 atom stereocenters. The molecule has 2 N–H and O–H groups in total. The normalized spacial score (nSPS) is 26.9. The zero-order valence-electron chi connectivity index (χ0n) is 15.7. The standard InChI is InChI=1S/C26H22N2/c1-3-7-17-15(5-1)10-12-20-24-21-13-23(22(24)14-27-25(17)20)28-26-18-8-4-2-6-16(18)9-11-19(21)26/h1-12,21-24,27-28H,13-14H2/t21-,22+,23-,24+/m0/s1. The second kappa shape index (κ2) is 5.29. The summed E-state index contributed by atoms with van der Waals surface area (Å²) in [5, 5.41) is 13.2. The lowest BCUT2D eigenvalue weighted by atomic mass is 9.76. The number of hydrogen-bond acceptors (Lipinski definition) is 2. The maximum Gasteiger partial charge on any atom is 0.0457 e. The summed E-state index contributed by atoms with van der Waals surface area (Å²) < 4.78 is 0. The maximum atomic E-state index is 3.96. The van der Waals surface area contributed by atoms with Crippen LogP contribution in [-0.4, -0.2) is 12.6 Å². The Hall–Kier alpha value is -3.00. The third-order valence-electron chi connectivity index (χ3n) is 7.44. The lowest BCUT2D eigenvalue weighted by molar-refractivity contribution is 0.460. The van der Waals surface area contributed by atoms with E-state index in [0.29, 0.717) is 23.8 Å². The van der Waals surface area contributed by atoms with Crippen LogP contribution in [0.25, 0.3) is 21.5 Å².